The molecule has 88 valence electrons. The van der Waals surface area contributed by atoms with Crippen molar-refractivity contribution < 1.29 is 4.79 Å². The minimum Gasteiger partial charge on any atom is -0.405 e. The molecule has 1 aliphatic carbocycles. The van der Waals surface area contributed by atoms with Gasteiger partial charge in [-0.25, -0.2) is 0 Å². The lowest BCUT2D eigenvalue weighted by molar-refractivity contribution is -0.131. The van der Waals surface area contributed by atoms with Crippen LogP contribution < -0.4 is 11.1 Å². The van der Waals surface area contributed by atoms with E-state index in [2.05, 4.69) is 11.9 Å². The average Bonchev–Trinajstić information content (AvgIpc) is 3.00. The van der Waals surface area contributed by atoms with E-state index < -0.39 is 0 Å². The predicted molar refractivity (Wildman–Crippen MR) is 63.2 cm³/mol. The Morgan fingerprint density at radius 3 is 2.94 bits per heavy atom. The smallest absolute Gasteiger partial charge is 0.244 e. The van der Waals surface area contributed by atoms with Crippen LogP contribution in [0.3, 0.4) is 0 Å². The zero-order valence-electron chi connectivity index (χ0n) is 9.65. The summed E-state index contributed by atoms with van der Waals surface area (Å²) in [6.45, 7) is 4.69. The summed E-state index contributed by atoms with van der Waals surface area (Å²) in [7, 11) is 1.84. The fourth-order valence-electron chi connectivity index (χ4n) is 2.44. The molecule has 3 unspecified atom stereocenters. The number of nitrogens with zero attached hydrogens (tertiary/aromatic N) is 1. The van der Waals surface area contributed by atoms with Gasteiger partial charge in [-0.3, -0.25) is 4.79 Å². The zero-order chi connectivity index (χ0) is 11.7. The van der Waals surface area contributed by atoms with Crippen molar-refractivity contribution in [2.75, 3.05) is 13.6 Å². The van der Waals surface area contributed by atoms with Crippen LogP contribution in [0.15, 0.2) is 24.6 Å². The summed E-state index contributed by atoms with van der Waals surface area (Å²) in [5.74, 6) is 1.49. The first-order chi connectivity index (χ1) is 7.67. The van der Waals surface area contributed by atoms with Gasteiger partial charge in [-0.1, -0.05) is 6.58 Å². The van der Waals surface area contributed by atoms with Gasteiger partial charge in [-0.15, -0.1) is 0 Å². The van der Waals surface area contributed by atoms with Gasteiger partial charge in [0.05, 0.1) is 6.04 Å². The first kappa shape index (κ1) is 11.2. The van der Waals surface area contributed by atoms with Crippen molar-refractivity contribution in [2.45, 2.75) is 18.9 Å². The standard InChI is InChI=1S/C12H19N3O/c1-8(3-4-13)15-7-10-5-9(10)6-11(14-2)12(15)16/h3-4,9-11,14H,1,5-7,13H2,2H3/b4-3-. The quantitative estimate of drug-likeness (QED) is 0.679. The number of amides is 1. The second kappa shape index (κ2) is 4.29. The maximum Gasteiger partial charge on any atom is 0.244 e. The third kappa shape index (κ3) is 1.97. The summed E-state index contributed by atoms with van der Waals surface area (Å²) in [5.41, 5.74) is 6.03. The third-order valence-corrected chi connectivity index (χ3v) is 3.57. The van der Waals surface area contributed by atoms with Crippen LogP contribution >= 0.6 is 0 Å². The molecule has 0 aromatic heterocycles. The van der Waals surface area contributed by atoms with E-state index in [1.54, 1.807) is 11.0 Å². The molecule has 1 aliphatic heterocycles. The van der Waals surface area contributed by atoms with E-state index in [4.69, 9.17) is 5.73 Å². The number of likely N-dealkylation sites (tertiary alicyclic amines) is 1. The summed E-state index contributed by atoms with van der Waals surface area (Å²) in [4.78, 5) is 14.0. The van der Waals surface area contributed by atoms with E-state index >= 15 is 0 Å². The molecule has 1 amide bonds. The lowest BCUT2D eigenvalue weighted by atomic mass is 10.1. The molecule has 0 spiro atoms. The van der Waals surface area contributed by atoms with E-state index in [0.29, 0.717) is 17.5 Å². The molecule has 0 aromatic carbocycles. The van der Waals surface area contributed by atoms with E-state index in [-0.39, 0.29) is 11.9 Å². The summed E-state index contributed by atoms with van der Waals surface area (Å²) in [5, 5.41) is 3.09. The van der Waals surface area contributed by atoms with Crippen LogP contribution in [0.1, 0.15) is 12.8 Å². The van der Waals surface area contributed by atoms with Gasteiger partial charge in [-0.2, -0.15) is 0 Å². The summed E-state index contributed by atoms with van der Waals surface area (Å²) in [6.07, 6.45) is 5.31. The maximum atomic E-state index is 12.2. The number of nitrogens with one attached hydrogen (secondary N) is 1. The second-order valence-corrected chi connectivity index (χ2v) is 4.63. The van der Waals surface area contributed by atoms with Crippen molar-refractivity contribution in [1.82, 2.24) is 10.2 Å². The Balaban J connectivity index is 2.15. The van der Waals surface area contributed by atoms with Crippen molar-refractivity contribution in [3.63, 3.8) is 0 Å². The Kier molecular flexibility index (Phi) is 3.01. The third-order valence-electron chi connectivity index (χ3n) is 3.57. The lowest BCUT2D eigenvalue weighted by Crippen LogP contribution is -2.43. The number of carbonyl (C=O) groups is 1. The highest BCUT2D eigenvalue weighted by atomic mass is 16.2. The molecule has 2 fully saturated rings. The molecule has 16 heavy (non-hydrogen) atoms. The van der Waals surface area contributed by atoms with Crippen LogP contribution in [0.25, 0.3) is 0 Å². The van der Waals surface area contributed by atoms with E-state index in [1.165, 1.54) is 12.6 Å². The molecule has 1 saturated carbocycles. The summed E-state index contributed by atoms with van der Waals surface area (Å²) < 4.78 is 0. The van der Waals surface area contributed by atoms with Gasteiger partial charge in [-0.05, 0) is 44.0 Å². The van der Waals surface area contributed by atoms with Gasteiger partial charge in [0.2, 0.25) is 5.91 Å². The minimum atomic E-state index is -0.0691. The van der Waals surface area contributed by atoms with Gasteiger partial charge < -0.3 is 16.0 Å². The highest BCUT2D eigenvalue weighted by Gasteiger charge is 2.45. The molecule has 3 atom stereocenters. The Labute approximate surface area is 96.2 Å². The van der Waals surface area contributed by atoms with Gasteiger partial charge in [0.25, 0.3) is 0 Å². The number of likely N-dealkylation sites (N-methyl/N-ethyl adjacent to an activating group) is 1. The summed E-state index contributed by atoms with van der Waals surface area (Å²) in [6, 6.07) is -0.0691. The topological polar surface area (TPSA) is 58.4 Å². The molecule has 0 aromatic rings. The van der Waals surface area contributed by atoms with Crippen molar-refractivity contribution in [1.29, 1.82) is 0 Å². The number of carbonyl (C=O) groups excluding carboxylic acids is 1. The average molecular weight is 221 g/mol. The van der Waals surface area contributed by atoms with Gasteiger partial charge in [0.15, 0.2) is 0 Å². The molecule has 4 heteroatoms. The first-order valence-corrected chi connectivity index (χ1v) is 5.73. The van der Waals surface area contributed by atoms with Crippen LogP contribution in [0.5, 0.6) is 0 Å². The molecule has 3 N–H and O–H groups in total. The van der Waals surface area contributed by atoms with Crippen molar-refractivity contribution >= 4 is 5.91 Å². The molecule has 0 radical (unpaired) electrons. The van der Waals surface area contributed by atoms with Gasteiger partial charge in [0.1, 0.15) is 0 Å². The first-order valence-electron chi connectivity index (χ1n) is 5.73. The Morgan fingerprint density at radius 1 is 1.56 bits per heavy atom. The van der Waals surface area contributed by atoms with E-state index in [9.17, 15) is 4.79 Å². The lowest BCUT2D eigenvalue weighted by Gasteiger charge is -2.25. The SMILES string of the molecule is C=C(/C=C\N)N1CC2CC2CC(NC)C1=O. The molecule has 4 nitrogen and oxygen atoms in total. The number of hydrogen-bond acceptors (Lipinski definition) is 3. The maximum absolute atomic E-state index is 12.2. The Morgan fingerprint density at radius 2 is 2.31 bits per heavy atom. The molecule has 2 aliphatic rings. The number of allylic oxidation sites excluding steroid dienone is 1. The van der Waals surface area contributed by atoms with Crippen LogP contribution in [0.4, 0.5) is 0 Å². The largest absolute Gasteiger partial charge is 0.405 e. The molecule has 1 saturated heterocycles. The monoisotopic (exact) mass is 221 g/mol. The minimum absolute atomic E-state index is 0.0691. The van der Waals surface area contributed by atoms with Gasteiger partial charge in [0, 0.05) is 12.2 Å². The van der Waals surface area contributed by atoms with E-state index in [1.807, 2.05) is 7.05 Å². The Hall–Kier alpha value is -1.29. The molecule has 2 rings (SSSR count). The van der Waals surface area contributed by atoms with Crippen LogP contribution in [0.2, 0.25) is 0 Å². The molecule has 1 heterocycles. The van der Waals surface area contributed by atoms with Crippen molar-refractivity contribution in [3.8, 4) is 0 Å². The fraction of sp³-hybridized carbons (Fsp3) is 0.583. The van der Waals surface area contributed by atoms with Crippen LogP contribution in [0, 0.1) is 11.8 Å². The number of rotatable bonds is 3. The highest BCUT2D eigenvalue weighted by Crippen LogP contribution is 2.45. The zero-order valence-corrected chi connectivity index (χ0v) is 9.65. The summed E-state index contributed by atoms with van der Waals surface area (Å²) >= 11 is 0. The molecule has 0 bridgehead atoms. The van der Waals surface area contributed by atoms with Gasteiger partial charge >= 0.3 is 0 Å². The van der Waals surface area contributed by atoms with Crippen molar-refractivity contribution in [2.24, 2.45) is 17.6 Å². The molecular formula is C12H19N3O. The number of fused-ring (bicyclic) bond motifs is 1. The highest BCUT2D eigenvalue weighted by molar-refractivity contribution is 5.84. The number of nitrogens with two attached hydrogens (primary N) is 1. The second-order valence-electron chi connectivity index (χ2n) is 4.63. The fourth-order valence-corrected chi connectivity index (χ4v) is 2.44. The van der Waals surface area contributed by atoms with Crippen molar-refractivity contribution in [3.05, 3.63) is 24.6 Å². The predicted octanol–water partition coefficient (Wildman–Crippen LogP) is 0.429. The van der Waals surface area contributed by atoms with Crippen LogP contribution in [-0.4, -0.2) is 30.4 Å². The number of hydrogen-bond donors (Lipinski definition) is 2. The molecular weight excluding hydrogens is 202 g/mol. The van der Waals surface area contributed by atoms with E-state index in [0.717, 1.165) is 13.0 Å². The Bertz CT molecular complexity index is 337. The normalized spacial score (nSPS) is 33.7. The van der Waals surface area contributed by atoms with Crippen LogP contribution in [-0.2, 0) is 4.79 Å².